The Bertz CT molecular complexity index is 1100. The number of ether oxygens (including phenoxy) is 2. The summed E-state index contributed by atoms with van der Waals surface area (Å²) in [5.74, 6) is 0.772. The number of methoxy groups -OCH3 is 2. The zero-order chi connectivity index (χ0) is 20.3. The van der Waals surface area contributed by atoms with Gasteiger partial charge in [-0.2, -0.15) is 0 Å². The number of hydrogen-bond donors (Lipinski definition) is 2. The van der Waals surface area contributed by atoms with Gasteiger partial charge >= 0.3 is 0 Å². The lowest BCUT2D eigenvalue weighted by atomic mass is 10.1. The van der Waals surface area contributed by atoms with E-state index in [2.05, 4.69) is 15.3 Å². The summed E-state index contributed by atoms with van der Waals surface area (Å²) in [6.07, 6.45) is 0. The van der Waals surface area contributed by atoms with Gasteiger partial charge < -0.3 is 19.8 Å². The molecule has 1 aromatic heterocycles. The van der Waals surface area contributed by atoms with E-state index < -0.39 is 0 Å². The van der Waals surface area contributed by atoms with Crippen LogP contribution in [0.25, 0.3) is 11.4 Å². The van der Waals surface area contributed by atoms with Crippen LogP contribution in [-0.4, -0.2) is 30.1 Å². The second-order valence-electron chi connectivity index (χ2n) is 5.96. The minimum atomic E-state index is -0.370. The summed E-state index contributed by atoms with van der Waals surface area (Å²) >= 11 is 6.17. The molecule has 0 radical (unpaired) electrons. The molecule has 0 saturated carbocycles. The van der Waals surface area contributed by atoms with Gasteiger partial charge in [-0.25, -0.2) is 4.98 Å². The number of aromatic amines is 1. The number of anilines is 1. The first-order valence-electron chi connectivity index (χ1n) is 8.32. The quantitative estimate of drug-likeness (QED) is 0.682. The van der Waals surface area contributed by atoms with Gasteiger partial charge in [0.05, 0.1) is 19.2 Å². The van der Waals surface area contributed by atoms with Gasteiger partial charge in [0, 0.05) is 28.6 Å². The second-order valence-corrected chi connectivity index (χ2v) is 6.37. The van der Waals surface area contributed by atoms with Gasteiger partial charge in [0.2, 0.25) is 0 Å². The van der Waals surface area contributed by atoms with Gasteiger partial charge in [-0.05, 0) is 31.2 Å². The number of rotatable bonds is 5. The van der Waals surface area contributed by atoms with Crippen LogP contribution in [0.3, 0.4) is 0 Å². The first-order valence-corrected chi connectivity index (χ1v) is 8.70. The van der Waals surface area contributed by atoms with Crippen molar-refractivity contribution in [3.8, 4) is 22.9 Å². The summed E-state index contributed by atoms with van der Waals surface area (Å²) in [5.41, 5.74) is 1.89. The summed E-state index contributed by atoms with van der Waals surface area (Å²) in [7, 11) is 2.94. The smallest absolute Gasteiger partial charge is 0.255 e. The van der Waals surface area contributed by atoms with Gasteiger partial charge in [0.25, 0.3) is 11.5 Å². The molecule has 0 aliphatic carbocycles. The van der Waals surface area contributed by atoms with Crippen molar-refractivity contribution in [2.24, 2.45) is 0 Å². The molecule has 0 atom stereocenters. The summed E-state index contributed by atoms with van der Waals surface area (Å²) in [5, 5.41) is 3.07. The van der Waals surface area contributed by atoms with E-state index in [1.807, 2.05) is 0 Å². The molecule has 28 heavy (non-hydrogen) atoms. The molecular formula is C20H18ClN3O4. The Morgan fingerprint density at radius 3 is 2.61 bits per heavy atom. The van der Waals surface area contributed by atoms with Crippen LogP contribution in [0.2, 0.25) is 5.02 Å². The van der Waals surface area contributed by atoms with E-state index in [0.717, 1.165) is 0 Å². The first kappa shape index (κ1) is 19.4. The van der Waals surface area contributed by atoms with Gasteiger partial charge in [0.15, 0.2) is 11.5 Å². The van der Waals surface area contributed by atoms with Crippen molar-refractivity contribution in [1.82, 2.24) is 9.97 Å². The molecule has 1 amide bonds. The lowest BCUT2D eigenvalue weighted by Gasteiger charge is -2.12. The molecule has 3 aromatic rings. The van der Waals surface area contributed by atoms with E-state index >= 15 is 0 Å². The van der Waals surface area contributed by atoms with E-state index in [1.54, 1.807) is 37.3 Å². The molecule has 1 heterocycles. The van der Waals surface area contributed by atoms with E-state index in [1.165, 1.54) is 26.4 Å². The number of nitrogens with zero attached hydrogens (tertiary/aromatic N) is 1. The van der Waals surface area contributed by atoms with E-state index in [-0.39, 0.29) is 16.5 Å². The third kappa shape index (κ3) is 4.15. The minimum Gasteiger partial charge on any atom is -0.493 e. The molecule has 7 nitrogen and oxygen atoms in total. The lowest BCUT2D eigenvalue weighted by Crippen LogP contribution is -2.13. The van der Waals surface area contributed by atoms with Crippen LogP contribution in [0.1, 0.15) is 16.1 Å². The Kier molecular flexibility index (Phi) is 5.65. The zero-order valence-corrected chi connectivity index (χ0v) is 16.3. The Labute approximate surface area is 166 Å². The lowest BCUT2D eigenvalue weighted by molar-refractivity contribution is 0.102. The van der Waals surface area contributed by atoms with Crippen LogP contribution in [-0.2, 0) is 0 Å². The highest BCUT2D eigenvalue weighted by molar-refractivity contribution is 6.32. The summed E-state index contributed by atoms with van der Waals surface area (Å²) < 4.78 is 10.4. The molecule has 0 unspecified atom stereocenters. The third-order valence-corrected chi connectivity index (χ3v) is 4.24. The highest BCUT2D eigenvalue weighted by Crippen LogP contribution is 2.36. The van der Waals surface area contributed by atoms with Gasteiger partial charge in [-0.1, -0.05) is 23.7 Å². The maximum absolute atomic E-state index is 12.7. The fourth-order valence-electron chi connectivity index (χ4n) is 2.71. The highest BCUT2D eigenvalue weighted by atomic mass is 35.5. The van der Waals surface area contributed by atoms with Gasteiger partial charge in [-0.3, -0.25) is 9.59 Å². The fourth-order valence-corrected chi connectivity index (χ4v) is 3.00. The summed E-state index contributed by atoms with van der Waals surface area (Å²) in [6, 6.07) is 11.5. The molecule has 0 bridgehead atoms. The van der Waals surface area contributed by atoms with Crippen molar-refractivity contribution in [2.75, 3.05) is 19.5 Å². The largest absolute Gasteiger partial charge is 0.493 e. The molecule has 2 aromatic carbocycles. The molecular weight excluding hydrogens is 382 g/mol. The number of H-pyrrole nitrogens is 1. The summed E-state index contributed by atoms with van der Waals surface area (Å²) in [6.45, 7) is 1.74. The monoisotopic (exact) mass is 399 g/mol. The van der Waals surface area contributed by atoms with Crippen LogP contribution in [0, 0.1) is 6.92 Å². The molecule has 0 saturated heterocycles. The summed E-state index contributed by atoms with van der Waals surface area (Å²) in [4.78, 5) is 31.3. The van der Waals surface area contributed by atoms with Crippen molar-refractivity contribution in [3.63, 3.8) is 0 Å². The van der Waals surface area contributed by atoms with E-state index in [9.17, 15) is 9.59 Å². The average Bonchev–Trinajstić information content (AvgIpc) is 2.66. The standard InChI is InChI=1S/C20H18ClN3O4/c1-11-7-17(25)24-19(22-11)12-5-4-6-14(8-12)23-20(26)13-9-15(21)18(28-3)16(10-13)27-2/h4-10H,1-3H3,(H,23,26)(H,22,24,25). The highest BCUT2D eigenvalue weighted by Gasteiger charge is 2.15. The van der Waals surface area contributed by atoms with Crippen molar-refractivity contribution in [1.29, 1.82) is 0 Å². The molecule has 0 spiro atoms. The number of nitrogens with one attached hydrogen (secondary N) is 2. The van der Waals surface area contributed by atoms with Crippen LogP contribution < -0.4 is 20.3 Å². The van der Waals surface area contributed by atoms with Crippen LogP contribution in [0.15, 0.2) is 47.3 Å². The maximum Gasteiger partial charge on any atom is 0.255 e. The number of benzene rings is 2. The van der Waals surface area contributed by atoms with E-state index in [0.29, 0.717) is 39.8 Å². The second kappa shape index (κ2) is 8.14. The maximum atomic E-state index is 12.7. The van der Waals surface area contributed by atoms with Gasteiger partial charge in [0.1, 0.15) is 5.82 Å². The Morgan fingerprint density at radius 1 is 1.14 bits per heavy atom. The molecule has 8 heteroatoms. The minimum absolute atomic E-state index is 0.239. The number of aryl methyl sites for hydroxylation is 1. The van der Waals surface area contributed by atoms with Crippen LogP contribution in [0.5, 0.6) is 11.5 Å². The number of aromatic nitrogens is 2. The SMILES string of the molecule is COc1cc(C(=O)Nc2cccc(-c3nc(C)cc(=O)[nH]3)c2)cc(Cl)c1OC. The Hall–Kier alpha value is -3.32. The molecule has 3 rings (SSSR count). The number of hydrogen-bond acceptors (Lipinski definition) is 5. The van der Waals surface area contributed by atoms with Crippen molar-refractivity contribution < 1.29 is 14.3 Å². The van der Waals surface area contributed by atoms with Crippen LogP contribution >= 0.6 is 11.6 Å². The number of halogens is 1. The number of amides is 1. The fraction of sp³-hybridized carbons (Fsp3) is 0.150. The Morgan fingerprint density at radius 2 is 1.93 bits per heavy atom. The normalized spacial score (nSPS) is 10.4. The average molecular weight is 400 g/mol. The Balaban J connectivity index is 1.89. The number of carbonyl (C=O) groups excluding carboxylic acids is 1. The zero-order valence-electron chi connectivity index (χ0n) is 15.5. The third-order valence-electron chi connectivity index (χ3n) is 3.96. The predicted octanol–water partition coefficient (Wildman–Crippen LogP) is 3.67. The molecule has 0 aliphatic heterocycles. The number of carbonyl (C=O) groups is 1. The molecule has 144 valence electrons. The molecule has 0 aliphatic rings. The first-order chi connectivity index (χ1) is 13.4. The van der Waals surface area contributed by atoms with Crippen LogP contribution in [0.4, 0.5) is 5.69 Å². The van der Waals surface area contributed by atoms with Crippen molar-refractivity contribution in [3.05, 3.63) is 69.1 Å². The molecule has 2 N–H and O–H groups in total. The van der Waals surface area contributed by atoms with E-state index in [4.69, 9.17) is 21.1 Å². The predicted molar refractivity (Wildman–Crippen MR) is 108 cm³/mol. The molecule has 0 fully saturated rings. The van der Waals surface area contributed by atoms with Gasteiger partial charge in [-0.15, -0.1) is 0 Å². The topological polar surface area (TPSA) is 93.3 Å². The van der Waals surface area contributed by atoms with Crippen molar-refractivity contribution >= 4 is 23.2 Å². The van der Waals surface area contributed by atoms with Crippen molar-refractivity contribution in [2.45, 2.75) is 6.92 Å².